The van der Waals surface area contributed by atoms with Crippen LogP contribution >= 0.6 is 0 Å². The van der Waals surface area contributed by atoms with Crippen molar-refractivity contribution in [3.05, 3.63) is 11.7 Å². The molecular weight excluding hydrogens is 166 g/mol. The van der Waals surface area contributed by atoms with Crippen molar-refractivity contribution in [1.29, 1.82) is 0 Å². The van der Waals surface area contributed by atoms with Gasteiger partial charge in [-0.25, -0.2) is 0 Å². The first kappa shape index (κ1) is 10.2. The Hall–Kier alpha value is -0.900. The normalized spacial score (nSPS) is 13.2. The largest absolute Gasteiger partial charge is 0.339 e. The number of hydrogen-bond acceptors (Lipinski definition) is 4. The Morgan fingerprint density at radius 2 is 2.23 bits per heavy atom. The summed E-state index contributed by atoms with van der Waals surface area (Å²) >= 11 is 0. The molecule has 4 nitrogen and oxygen atoms in total. The van der Waals surface area contributed by atoms with Crippen molar-refractivity contribution in [2.45, 2.75) is 45.6 Å². The first-order valence-corrected chi connectivity index (χ1v) is 4.83. The van der Waals surface area contributed by atoms with Gasteiger partial charge in [-0.2, -0.15) is 4.98 Å². The van der Waals surface area contributed by atoms with E-state index in [4.69, 9.17) is 10.3 Å². The quantitative estimate of drug-likeness (QED) is 0.747. The third kappa shape index (κ3) is 3.14. The van der Waals surface area contributed by atoms with E-state index in [1.807, 2.05) is 6.92 Å². The van der Waals surface area contributed by atoms with Gasteiger partial charge >= 0.3 is 0 Å². The second-order valence-corrected chi connectivity index (χ2v) is 3.23. The third-order valence-electron chi connectivity index (χ3n) is 1.94. The minimum Gasteiger partial charge on any atom is -0.339 e. The van der Waals surface area contributed by atoms with Crippen molar-refractivity contribution >= 4 is 0 Å². The molecule has 1 atom stereocenters. The highest BCUT2D eigenvalue weighted by molar-refractivity contribution is 4.88. The molecule has 0 aliphatic heterocycles. The maximum atomic E-state index is 5.76. The molecule has 0 amide bonds. The molecule has 1 aromatic heterocycles. The lowest BCUT2D eigenvalue weighted by Crippen LogP contribution is -2.21. The summed E-state index contributed by atoms with van der Waals surface area (Å²) in [6, 6.07) is 0.134. The van der Waals surface area contributed by atoms with Gasteiger partial charge < -0.3 is 10.3 Å². The third-order valence-corrected chi connectivity index (χ3v) is 1.94. The Morgan fingerprint density at radius 3 is 2.85 bits per heavy atom. The molecule has 0 saturated carbocycles. The summed E-state index contributed by atoms with van der Waals surface area (Å²) in [7, 11) is 0. The van der Waals surface area contributed by atoms with E-state index in [9.17, 15) is 0 Å². The highest BCUT2D eigenvalue weighted by Crippen LogP contribution is 2.03. The molecule has 1 aromatic rings. The summed E-state index contributed by atoms with van der Waals surface area (Å²) in [5.74, 6) is 1.46. The molecule has 1 heterocycles. The molecular formula is C9H17N3O. The van der Waals surface area contributed by atoms with Crippen molar-refractivity contribution in [3.8, 4) is 0 Å². The Morgan fingerprint density at radius 1 is 1.46 bits per heavy atom. The monoisotopic (exact) mass is 183 g/mol. The fraction of sp³-hybridized carbons (Fsp3) is 0.778. The summed E-state index contributed by atoms with van der Waals surface area (Å²) in [6.07, 6.45) is 3.54. The SMILES string of the molecule is CCCc1noc(CC(N)CC)n1. The van der Waals surface area contributed by atoms with Crippen LogP contribution in [0.3, 0.4) is 0 Å². The van der Waals surface area contributed by atoms with Crippen LogP contribution in [0.15, 0.2) is 4.52 Å². The summed E-state index contributed by atoms with van der Waals surface area (Å²) < 4.78 is 5.05. The zero-order valence-corrected chi connectivity index (χ0v) is 8.29. The molecule has 1 unspecified atom stereocenters. The van der Waals surface area contributed by atoms with Gasteiger partial charge in [0, 0.05) is 18.9 Å². The van der Waals surface area contributed by atoms with E-state index < -0.39 is 0 Å². The number of hydrogen-bond donors (Lipinski definition) is 1. The molecule has 4 heteroatoms. The molecule has 0 radical (unpaired) electrons. The van der Waals surface area contributed by atoms with Crippen LogP contribution in [0.2, 0.25) is 0 Å². The second kappa shape index (κ2) is 4.97. The molecule has 1 rings (SSSR count). The predicted molar refractivity (Wildman–Crippen MR) is 50.3 cm³/mol. The molecule has 2 N–H and O–H groups in total. The van der Waals surface area contributed by atoms with Crippen LogP contribution in [0.1, 0.15) is 38.4 Å². The van der Waals surface area contributed by atoms with E-state index >= 15 is 0 Å². The number of rotatable bonds is 5. The Labute approximate surface area is 78.5 Å². The number of aromatic nitrogens is 2. The Balaban J connectivity index is 2.48. The topological polar surface area (TPSA) is 64.9 Å². The van der Waals surface area contributed by atoms with Gasteiger partial charge in [-0.05, 0) is 12.8 Å². The fourth-order valence-corrected chi connectivity index (χ4v) is 1.07. The molecule has 74 valence electrons. The molecule has 0 fully saturated rings. The summed E-state index contributed by atoms with van der Waals surface area (Å²) in [6.45, 7) is 4.14. The van der Waals surface area contributed by atoms with Crippen LogP contribution in [0.5, 0.6) is 0 Å². The number of nitrogens with zero attached hydrogens (tertiary/aromatic N) is 2. The molecule has 0 spiro atoms. The van der Waals surface area contributed by atoms with Gasteiger partial charge in [-0.1, -0.05) is 19.0 Å². The maximum Gasteiger partial charge on any atom is 0.228 e. The van der Waals surface area contributed by atoms with Crippen LogP contribution in [0, 0.1) is 0 Å². The first-order chi connectivity index (χ1) is 6.26. The minimum atomic E-state index is 0.134. The van der Waals surface area contributed by atoms with Crippen LogP contribution in [-0.4, -0.2) is 16.2 Å². The second-order valence-electron chi connectivity index (χ2n) is 3.23. The standard InChI is InChI=1S/C9H17N3O/c1-3-5-8-11-9(13-12-8)6-7(10)4-2/h7H,3-6,10H2,1-2H3. The summed E-state index contributed by atoms with van der Waals surface area (Å²) in [5.41, 5.74) is 5.76. The van der Waals surface area contributed by atoms with E-state index in [1.165, 1.54) is 0 Å². The van der Waals surface area contributed by atoms with Crippen molar-refractivity contribution < 1.29 is 4.52 Å². The molecule has 0 aliphatic rings. The average Bonchev–Trinajstić information content (AvgIpc) is 2.53. The lowest BCUT2D eigenvalue weighted by atomic mass is 10.2. The van der Waals surface area contributed by atoms with E-state index in [2.05, 4.69) is 17.1 Å². The van der Waals surface area contributed by atoms with Crippen molar-refractivity contribution in [2.24, 2.45) is 5.73 Å². The van der Waals surface area contributed by atoms with Gasteiger partial charge in [0.25, 0.3) is 0 Å². The Kier molecular flexibility index (Phi) is 3.89. The highest BCUT2D eigenvalue weighted by atomic mass is 16.5. The average molecular weight is 183 g/mol. The highest BCUT2D eigenvalue weighted by Gasteiger charge is 2.08. The zero-order valence-electron chi connectivity index (χ0n) is 8.29. The lowest BCUT2D eigenvalue weighted by molar-refractivity contribution is 0.362. The van der Waals surface area contributed by atoms with Gasteiger partial charge in [-0.15, -0.1) is 0 Å². The van der Waals surface area contributed by atoms with E-state index in [-0.39, 0.29) is 6.04 Å². The number of nitrogens with two attached hydrogens (primary N) is 1. The van der Waals surface area contributed by atoms with Gasteiger partial charge in [0.2, 0.25) is 5.89 Å². The van der Waals surface area contributed by atoms with Crippen LogP contribution in [0.25, 0.3) is 0 Å². The van der Waals surface area contributed by atoms with Gasteiger partial charge in [0.1, 0.15) is 0 Å². The predicted octanol–water partition coefficient (Wildman–Crippen LogP) is 1.30. The van der Waals surface area contributed by atoms with E-state index in [0.717, 1.165) is 25.1 Å². The van der Waals surface area contributed by atoms with Crippen molar-refractivity contribution in [3.63, 3.8) is 0 Å². The van der Waals surface area contributed by atoms with Crippen molar-refractivity contribution in [2.75, 3.05) is 0 Å². The molecule has 13 heavy (non-hydrogen) atoms. The van der Waals surface area contributed by atoms with Gasteiger partial charge in [-0.3, -0.25) is 0 Å². The molecule has 0 aromatic carbocycles. The van der Waals surface area contributed by atoms with E-state index in [0.29, 0.717) is 12.3 Å². The Bertz CT molecular complexity index is 247. The van der Waals surface area contributed by atoms with Crippen LogP contribution in [-0.2, 0) is 12.8 Å². The first-order valence-electron chi connectivity index (χ1n) is 4.83. The van der Waals surface area contributed by atoms with Crippen molar-refractivity contribution in [1.82, 2.24) is 10.1 Å². The van der Waals surface area contributed by atoms with E-state index in [1.54, 1.807) is 0 Å². The van der Waals surface area contributed by atoms with Gasteiger partial charge in [0.05, 0.1) is 0 Å². The summed E-state index contributed by atoms with van der Waals surface area (Å²) in [4.78, 5) is 4.23. The fourth-order valence-electron chi connectivity index (χ4n) is 1.07. The van der Waals surface area contributed by atoms with Crippen LogP contribution < -0.4 is 5.73 Å². The smallest absolute Gasteiger partial charge is 0.228 e. The maximum absolute atomic E-state index is 5.76. The summed E-state index contributed by atoms with van der Waals surface area (Å²) in [5, 5.41) is 3.85. The number of aryl methyl sites for hydroxylation is 1. The zero-order chi connectivity index (χ0) is 9.68. The van der Waals surface area contributed by atoms with Gasteiger partial charge in [0.15, 0.2) is 5.82 Å². The molecule has 0 bridgehead atoms. The molecule has 0 aliphatic carbocycles. The van der Waals surface area contributed by atoms with Crippen LogP contribution in [0.4, 0.5) is 0 Å². The molecule has 0 saturated heterocycles. The lowest BCUT2D eigenvalue weighted by Gasteiger charge is -2.02. The minimum absolute atomic E-state index is 0.134.